The molecule has 0 radical (unpaired) electrons. The Hall–Kier alpha value is -1.84. The number of alkyl halides is 2. The molecule has 0 aromatic rings. The second-order valence-electron chi connectivity index (χ2n) is 9.06. The van der Waals surface area contributed by atoms with E-state index in [0.717, 1.165) is 0 Å². The van der Waals surface area contributed by atoms with Gasteiger partial charge < -0.3 is 23.7 Å². The lowest BCUT2D eigenvalue weighted by atomic mass is 9.80. The van der Waals surface area contributed by atoms with Crippen LogP contribution in [0.2, 0.25) is 0 Å². The Morgan fingerprint density at radius 1 is 1.28 bits per heavy atom. The van der Waals surface area contributed by atoms with E-state index in [-0.39, 0.29) is 31.6 Å². The van der Waals surface area contributed by atoms with Crippen molar-refractivity contribution >= 4 is 11.9 Å². The summed E-state index contributed by atoms with van der Waals surface area (Å²) in [6, 6.07) is 0. The molecule has 9 heteroatoms. The molecular weight excluding hydrogens is 426 g/mol. The standard InChI is InChI=1S/C23H32F2O7/c1-13(2)20(26)31-17-11-22(5)18(28-8-6-24)12-23(32-22,29-9-7-25)14(3)10-16-19(17)15(4)21(27)30-16/h10,13,16-19H,4,6-9,11-12H2,1-3,5H3/b14-10+/t16-,17?,18?,19+,22-,23-/m1/s1. The predicted molar refractivity (Wildman–Crippen MR) is 110 cm³/mol. The summed E-state index contributed by atoms with van der Waals surface area (Å²) in [5.41, 5.74) is -0.317. The van der Waals surface area contributed by atoms with Gasteiger partial charge in [-0.1, -0.05) is 20.4 Å². The van der Waals surface area contributed by atoms with E-state index in [1.54, 1.807) is 33.8 Å². The molecule has 0 N–H and O–H groups in total. The zero-order chi connectivity index (χ0) is 23.7. The summed E-state index contributed by atoms with van der Waals surface area (Å²) >= 11 is 0. The van der Waals surface area contributed by atoms with Crippen molar-refractivity contribution in [1.29, 1.82) is 0 Å². The fraction of sp³-hybridized carbons (Fsp3) is 0.739. The Morgan fingerprint density at radius 2 is 1.97 bits per heavy atom. The van der Waals surface area contributed by atoms with E-state index < -0.39 is 66.8 Å². The molecule has 2 fully saturated rings. The van der Waals surface area contributed by atoms with Gasteiger partial charge in [0.05, 0.1) is 36.8 Å². The lowest BCUT2D eigenvalue weighted by molar-refractivity contribution is -0.236. The Morgan fingerprint density at radius 3 is 2.59 bits per heavy atom. The fourth-order valence-electron chi connectivity index (χ4n) is 4.67. The molecule has 32 heavy (non-hydrogen) atoms. The summed E-state index contributed by atoms with van der Waals surface area (Å²) < 4.78 is 55.3. The van der Waals surface area contributed by atoms with Crippen molar-refractivity contribution in [3.05, 3.63) is 23.8 Å². The van der Waals surface area contributed by atoms with Gasteiger partial charge in [-0.25, -0.2) is 13.6 Å². The molecule has 2 saturated heterocycles. The zero-order valence-corrected chi connectivity index (χ0v) is 19.0. The van der Waals surface area contributed by atoms with E-state index in [9.17, 15) is 18.4 Å². The lowest BCUT2D eigenvalue weighted by Crippen LogP contribution is -2.46. The maximum atomic E-state index is 13.0. The Kier molecular flexibility index (Phi) is 7.41. The highest BCUT2D eigenvalue weighted by Gasteiger charge is 2.60. The van der Waals surface area contributed by atoms with Crippen molar-refractivity contribution < 1.29 is 42.1 Å². The number of hydrogen-bond acceptors (Lipinski definition) is 7. The average Bonchev–Trinajstić information content (AvgIpc) is 3.18. The van der Waals surface area contributed by atoms with Crippen LogP contribution in [-0.4, -0.2) is 68.2 Å². The van der Waals surface area contributed by atoms with E-state index in [1.807, 2.05) is 0 Å². The Balaban J connectivity index is 2.08. The first-order valence-electron chi connectivity index (χ1n) is 10.9. The number of ether oxygens (including phenoxy) is 5. The van der Waals surface area contributed by atoms with Gasteiger partial charge in [-0.3, -0.25) is 4.79 Å². The van der Waals surface area contributed by atoms with Crippen molar-refractivity contribution in [2.45, 2.75) is 70.2 Å². The summed E-state index contributed by atoms with van der Waals surface area (Å²) in [7, 11) is 0. The second kappa shape index (κ2) is 9.57. The summed E-state index contributed by atoms with van der Waals surface area (Å²) in [6.45, 7) is 9.02. The lowest BCUT2D eigenvalue weighted by Gasteiger charge is -2.36. The van der Waals surface area contributed by atoms with Gasteiger partial charge in [0.15, 0.2) is 5.79 Å². The van der Waals surface area contributed by atoms with Crippen LogP contribution in [0.3, 0.4) is 0 Å². The number of fused-ring (bicyclic) bond motifs is 3. The molecule has 0 aliphatic carbocycles. The van der Waals surface area contributed by atoms with Crippen LogP contribution in [0, 0.1) is 11.8 Å². The Labute approximate surface area is 187 Å². The minimum Gasteiger partial charge on any atom is -0.461 e. The van der Waals surface area contributed by atoms with Gasteiger partial charge in [0.25, 0.3) is 0 Å². The summed E-state index contributed by atoms with van der Waals surface area (Å²) in [6.07, 6.45) is -0.191. The minimum absolute atomic E-state index is 0.126. The number of carbonyl (C=O) groups is 2. The largest absolute Gasteiger partial charge is 0.461 e. The number of carbonyl (C=O) groups excluding carboxylic acids is 2. The zero-order valence-electron chi connectivity index (χ0n) is 19.0. The summed E-state index contributed by atoms with van der Waals surface area (Å²) in [5, 5.41) is 0. The third-order valence-corrected chi connectivity index (χ3v) is 6.36. The normalized spacial score (nSPS) is 38.4. The quantitative estimate of drug-likeness (QED) is 0.314. The molecule has 0 aromatic heterocycles. The predicted octanol–water partition coefficient (Wildman–Crippen LogP) is 3.22. The molecule has 180 valence electrons. The molecule has 0 aromatic carbocycles. The van der Waals surface area contributed by atoms with Gasteiger partial charge in [-0.15, -0.1) is 0 Å². The van der Waals surface area contributed by atoms with E-state index in [0.29, 0.717) is 5.57 Å². The molecule has 0 amide bonds. The smallest absolute Gasteiger partial charge is 0.334 e. The van der Waals surface area contributed by atoms with Gasteiger partial charge in [0.1, 0.15) is 25.6 Å². The molecule has 0 saturated carbocycles. The topological polar surface area (TPSA) is 80.3 Å². The first-order chi connectivity index (χ1) is 15.1. The van der Waals surface area contributed by atoms with E-state index in [2.05, 4.69) is 6.58 Å². The van der Waals surface area contributed by atoms with Crippen molar-refractivity contribution in [3.8, 4) is 0 Å². The highest BCUT2D eigenvalue weighted by Crippen LogP contribution is 2.50. The third kappa shape index (κ3) is 4.61. The van der Waals surface area contributed by atoms with Crippen LogP contribution in [0.15, 0.2) is 23.8 Å². The van der Waals surface area contributed by atoms with Crippen molar-refractivity contribution in [1.82, 2.24) is 0 Å². The monoisotopic (exact) mass is 458 g/mol. The van der Waals surface area contributed by atoms with Crippen LogP contribution in [0.25, 0.3) is 0 Å². The summed E-state index contributed by atoms with van der Waals surface area (Å²) in [4.78, 5) is 24.9. The first-order valence-corrected chi connectivity index (χ1v) is 10.9. The maximum absolute atomic E-state index is 13.0. The molecule has 3 aliphatic heterocycles. The van der Waals surface area contributed by atoms with Crippen molar-refractivity contribution in [2.75, 3.05) is 26.6 Å². The van der Waals surface area contributed by atoms with Gasteiger partial charge in [0.2, 0.25) is 0 Å². The minimum atomic E-state index is -1.35. The van der Waals surface area contributed by atoms with Gasteiger partial charge in [-0.2, -0.15) is 0 Å². The molecule has 3 heterocycles. The molecule has 2 bridgehead atoms. The SMILES string of the molecule is C=C1C(=O)O[C@@H]2/C=C(\C)[C@@]3(OCCF)CC(OCCF)[C@@](C)(CC(OC(=O)C(C)C)[C@@H]12)O3. The van der Waals surface area contributed by atoms with Crippen LogP contribution in [0.1, 0.15) is 40.5 Å². The molecule has 0 spiro atoms. The molecular formula is C23H32F2O7. The maximum Gasteiger partial charge on any atom is 0.334 e. The summed E-state index contributed by atoms with van der Waals surface area (Å²) in [5.74, 6) is -3.40. The van der Waals surface area contributed by atoms with E-state index in [1.165, 1.54) is 0 Å². The third-order valence-electron chi connectivity index (χ3n) is 6.36. The Bertz CT molecular complexity index is 782. The average molecular weight is 458 g/mol. The van der Waals surface area contributed by atoms with Crippen molar-refractivity contribution in [3.63, 3.8) is 0 Å². The van der Waals surface area contributed by atoms with E-state index >= 15 is 0 Å². The van der Waals surface area contributed by atoms with Crippen LogP contribution >= 0.6 is 0 Å². The number of rotatable bonds is 8. The van der Waals surface area contributed by atoms with Crippen LogP contribution < -0.4 is 0 Å². The number of hydrogen-bond donors (Lipinski definition) is 0. The first kappa shape index (κ1) is 24.8. The molecule has 3 aliphatic rings. The molecule has 2 unspecified atom stereocenters. The molecule has 3 rings (SSSR count). The van der Waals surface area contributed by atoms with Crippen LogP contribution in [0.5, 0.6) is 0 Å². The second-order valence-corrected chi connectivity index (χ2v) is 9.06. The van der Waals surface area contributed by atoms with Gasteiger partial charge in [0, 0.05) is 18.4 Å². The van der Waals surface area contributed by atoms with Gasteiger partial charge in [-0.05, 0) is 25.5 Å². The highest BCUT2D eigenvalue weighted by atomic mass is 19.1. The number of halogens is 2. The highest BCUT2D eigenvalue weighted by molar-refractivity contribution is 5.91. The van der Waals surface area contributed by atoms with Gasteiger partial charge >= 0.3 is 11.9 Å². The number of esters is 2. The molecule has 7 nitrogen and oxygen atoms in total. The van der Waals surface area contributed by atoms with Crippen LogP contribution in [0.4, 0.5) is 8.78 Å². The van der Waals surface area contributed by atoms with Crippen molar-refractivity contribution in [2.24, 2.45) is 11.8 Å². The molecule has 6 atom stereocenters. The fourth-order valence-corrected chi connectivity index (χ4v) is 4.67. The van der Waals surface area contributed by atoms with E-state index in [4.69, 9.17) is 23.7 Å². The van der Waals surface area contributed by atoms with Crippen LogP contribution in [-0.2, 0) is 33.3 Å².